The maximum atomic E-state index is 12.3. The van der Waals surface area contributed by atoms with E-state index >= 15 is 0 Å². The molecule has 1 N–H and O–H groups in total. The van der Waals surface area contributed by atoms with Crippen LogP contribution in [0.3, 0.4) is 0 Å². The maximum absolute atomic E-state index is 12.3. The minimum Gasteiger partial charge on any atom is -0.465 e. The number of carbonyl (C=O) groups excluding carboxylic acids is 3. The number of hydrogen-bond donors (Lipinski definition) is 1. The van der Waals surface area contributed by atoms with Crippen LogP contribution in [0.15, 0.2) is 24.3 Å². The van der Waals surface area contributed by atoms with Gasteiger partial charge in [-0.05, 0) is 37.1 Å². The molecule has 2 amide bonds. The van der Waals surface area contributed by atoms with Crippen LogP contribution >= 0.6 is 0 Å². The van der Waals surface area contributed by atoms with Crippen LogP contribution in [0.2, 0.25) is 0 Å². The fourth-order valence-corrected chi connectivity index (χ4v) is 2.43. The molecule has 1 heterocycles. The second kappa shape index (κ2) is 5.29. The summed E-state index contributed by atoms with van der Waals surface area (Å²) in [6.07, 6.45) is 2.31. The molecule has 21 heavy (non-hydrogen) atoms. The quantitative estimate of drug-likeness (QED) is 0.657. The van der Waals surface area contributed by atoms with Crippen molar-refractivity contribution in [3.63, 3.8) is 0 Å². The van der Waals surface area contributed by atoms with Gasteiger partial charge in [0.05, 0.1) is 30.8 Å². The molecule has 6 heteroatoms. The van der Waals surface area contributed by atoms with Gasteiger partial charge in [0, 0.05) is 6.04 Å². The average Bonchev–Trinajstić information content (AvgIpc) is 3.25. The highest BCUT2D eigenvalue weighted by atomic mass is 16.5. The van der Waals surface area contributed by atoms with Gasteiger partial charge in [-0.3, -0.25) is 9.59 Å². The van der Waals surface area contributed by atoms with Gasteiger partial charge < -0.3 is 10.1 Å². The van der Waals surface area contributed by atoms with Crippen LogP contribution in [0, 0.1) is 0 Å². The summed E-state index contributed by atoms with van der Waals surface area (Å²) in [4.78, 5) is 36.9. The Balaban J connectivity index is 1.77. The molecule has 110 valence electrons. The van der Waals surface area contributed by atoms with E-state index in [0.29, 0.717) is 17.3 Å². The SMILES string of the molecule is COC(=O)c1ccc(N2C(=O)CC(NC3CC3)C2=O)cc1. The summed E-state index contributed by atoms with van der Waals surface area (Å²) in [6.45, 7) is 0. The number of esters is 1. The van der Waals surface area contributed by atoms with Crippen LogP contribution in [0.5, 0.6) is 0 Å². The molecule has 2 aliphatic rings. The van der Waals surface area contributed by atoms with E-state index in [2.05, 4.69) is 10.1 Å². The first-order valence-electron chi connectivity index (χ1n) is 6.91. The summed E-state index contributed by atoms with van der Waals surface area (Å²) >= 11 is 0. The number of carbonyl (C=O) groups is 3. The first-order valence-corrected chi connectivity index (χ1v) is 6.91. The normalized spacial score (nSPS) is 21.8. The highest BCUT2D eigenvalue weighted by Crippen LogP contribution is 2.26. The number of imide groups is 1. The molecule has 1 aliphatic heterocycles. The van der Waals surface area contributed by atoms with E-state index in [-0.39, 0.29) is 18.2 Å². The van der Waals surface area contributed by atoms with E-state index in [0.717, 1.165) is 12.8 Å². The number of hydrogen-bond acceptors (Lipinski definition) is 5. The number of nitrogens with zero attached hydrogens (tertiary/aromatic N) is 1. The molecule has 3 rings (SSSR count). The summed E-state index contributed by atoms with van der Waals surface area (Å²) in [5, 5.41) is 3.19. The van der Waals surface area contributed by atoms with Gasteiger partial charge in [-0.15, -0.1) is 0 Å². The van der Waals surface area contributed by atoms with Crippen LogP contribution in [0.4, 0.5) is 5.69 Å². The molecule has 1 saturated carbocycles. The van der Waals surface area contributed by atoms with Crippen LogP contribution in [-0.2, 0) is 14.3 Å². The summed E-state index contributed by atoms with van der Waals surface area (Å²) < 4.78 is 4.62. The van der Waals surface area contributed by atoms with Gasteiger partial charge in [0.1, 0.15) is 0 Å². The third kappa shape index (κ3) is 2.67. The lowest BCUT2D eigenvalue weighted by atomic mass is 10.2. The first-order chi connectivity index (χ1) is 10.1. The summed E-state index contributed by atoms with van der Waals surface area (Å²) in [7, 11) is 1.30. The molecular weight excluding hydrogens is 272 g/mol. The number of methoxy groups -OCH3 is 1. The number of amides is 2. The largest absolute Gasteiger partial charge is 0.465 e. The zero-order valence-corrected chi connectivity index (χ0v) is 11.7. The van der Waals surface area contributed by atoms with E-state index in [1.807, 2.05) is 0 Å². The van der Waals surface area contributed by atoms with Gasteiger partial charge in [0.15, 0.2) is 0 Å². The summed E-state index contributed by atoms with van der Waals surface area (Å²) in [6, 6.07) is 6.20. The highest BCUT2D eigenvalue weighted by Gasteiger charge is 2.41. The molecule has 0 radical (unpaired) electrons. The minimum atomic E-state index is -0.450. The van der Waals surface area contributed by atoms with Gasteiger partial charge in [-0.25, -0.2) is 9.69 Å². The number of anilines is 1. The highest BCUT2D eigenvalue weighted by molar-refractivity contribution is 6.22. The van der Waals surface area contributed by atoms with E-state index in [9.17, 15) is 14.4 Å². The molecule has 0 spiro atoms. The lowest BCUT2D eigenvalue weighted by molar-refractivity contribution is -0.121. The molecule has 1 atom stereocenters. The zero-order valence-electron chi connectivity index (χ0n) is 11.7. The van der Waals surface area contributed by atoms with Gasteiger partial charge in [0.25, 0.3) is 5.91 Å². The molecule has 1 aromatic carbocycles. The van der Waals surface area contributed by atoms with Crippen molar-refractivity contribution in [2.45, 2.75) is 31.3 Å². The fourth-order valence-electron chi connectivity index (χ4n) is 2.43. The van der Waals surface area contributed by atoms with E-state index < -0.39 is 12.0 Å². The van der Waals surface area contributed by atoms with Crippen molar-refractivity contribution >= 4 is 23.5 Å². The van der Waals surface area contributed by atoms with Crippen LogP contribution in [0.1, 0.15) is 29.6 Å². The molecule has 1 aromatic rings. The number of nitrogens with one attached hydrogen (secondary N) is 1. The Hall–Kier alpha value is -2.21. The Morgan fingerprint density at radius 2 is 1.90 bits per heavy atom. The maximum Gasteiger partial charge on any atom is 0.337 e. The summed E-state index contributed by atoms with van der Waals surface area (Å²) in [5.74, 6) is -0.893. The van der Waals surface area contributed by atoms with Crippen LogP contribution < -0.4 is 10.2 Å². The monoisotopic (exact) mass is 288 g/mol. The zero-order chi connectivity index (χ0) is 15.0. The van der Waals surface area contributed by atoms with Gasteiger partial charge in [0.2, 0.25) is 5.91 Å². The van der Waals surface area contributed by atoms with Crippen LogP contribution in [-0.4, -0.2) is 37.0 Å². The van der Waals surface area contributed by atoms with Crippen molar-refractivity contribution in [3.05, 3.63) is 29.8 Å². The molecular formula is C15H16N2O4. The number of rotatable bonds is 4. The Bertz CT molecular complexity index is 592. The predicted octanol–water partition coefficient (Wildman–Crippen LogP) is 0.857. The fraction of sp³-hybridized carbons (Fsp3) is 0.400. The lowest BCUT2D eigenvalue weighted by Crippen LogP contribution is -2.39. The topological polar surface area (TPSA) is 75.7 Å². The standard InChI is InChI=1S/C15H16N2O4/c1-21-15(20)9-2-6-11(7-3-9)17-13(18)8-12(14(17)19)16-10-4-5-10/h2-3,6-7,10,12,16H,4-5,8H2,1H3. The van der Waals surface area contributed by atoms with E-state index in [4.69, 9.17) is 0 Å². The van der Waals surface area contributed by atoms with Crippen molar-refractivity contribution in [1.82, 2.24) is 5.32 Å². The second-order valence-electron chi connectivity index (χ2n) is 5.30. The Morgan fingerprint density at radius 3 is 2.48 bits per heavy atom. The van der Waals surface area contributed by atoms with Crippen molar-refractivity contribution < 1.29 is 19.1 Å². The van der Waals surface area contributed by atoms with Crippen LogP contribution in [0.25, 0.3) is 0 Å². The van der Waals surface area contributed by atoms with E-state index in [1.165, 1.54) is 12.0 Å². The third-order valence-corrected chi connectivity index (χ3v) is 3.71. The predicted molar refractivity (Wildman–Crippen MR) is 74.8 cm³/mol. The Morgan fingerprint density at radius 1 is 1.24 bits per heavy atom. The van der Waals surface area contributed by atoms with E-state index in [1.54, 1.807) is 24.3 Å². The smallest absolute Gasteiger partial charge is 0.337 e. The lowest BCUT2D eigenvalue weighted by Gasteiger charge is -2.15. The molecule has 1 unspecified atom stereocenters. The second-order valence-corrected chi connectivity index (χ2v) is 5.30. The van der Waals surface area contributed by atoms with Gasteiger partial charge in [-0.1, -0.05) is 0 Å². The molecule has 0 aromatic heterocycles. The number of ether oxygens (including phenoxy) is 1. The summed E-state index contributed by atoms with van der Waals surface area (Å²) in [5.41, 5.74) is 0.866. The average molecular weight is 288 g/mol. The van der Waals surface area contributed by atoms with Crippen molar-refractivity contribution in [2.75, 3.05) is 12.0 Å². The first kappa shape index (κ1) is 13.8. The molecule has 2 fully saturated rings. The minimum absolute atomic E-state index is 0.189. The molecule has 1 saturated heterocycles. The molecule has 6 nitrogen and oxygen atoms in total. The van der Waals surface area contributed by atoms with Crippen molar-refractivity contribution in [3.8, 4) is 0 Å². The Kier molecular flexibility index (Phi) is 3.47. The third-order valence-electron chi connectivity index (χ3n) is 3.71. The van der Waals surface area contributed by atoms with Crippen molar-refractivity contribution in [1.29, 1.82) is 0 Å². The van der Waals surface area contributed by atoms with Gasteiger partial charge >= 0.3 is 5.97 Å². The Labute approximate surface area is 122 Å². The number of benzene rings is 1. The molecule has 1 aliphatic carbocycles. The molecule has 0 bridgehead atoms. The van der Waals surface area contributed by atoms with Crippen molar-refractivity contribution in [2.24, 2.45) is 0 Å². The van der Waals surface area contributed by atoms with Gasteiger partial charge in [-0.2, -0.15) is 0 Å².